The van der Waals surface area contributed by atoms with Gasteiger partial charge < -0.3 is 5.32 Å². The molecule has 0 aliphatic carbocycles. The van der Waals surface area contributed by atoms with Crippen LogP contribution in [-0.2, 0) is 6.18 Å². The van der Waals surface area contributed by atoms with E-state index in [1.54, 1.807) is 30.6 Å². The number of hydrogen-bond acceptors (Lipinski definition) is 5. The van der Waals surface area contributed by atoms with Gasteiger partial charge in [-0.15, -0.1) is 0 Å². The van der Waals surface area contributed by atoms with E-state index in [1.165, 1.54) is 18.3 Å². The first-order chi connectivity index (χ1) is 13.4. The molecule has 140 valence electrons. The van der Waals surface area contributed by atoms with E-state index in [-0.39, 0.29) is 22.7 Å². The molecule has 9 heteroatoms. The van der Waals surface area contributed by atoms with Crippen molar-refractivity contribution < 1.29 is 13.2 Å². The Balaban J connectivity index is 1.76. The molecule has 0 bridgehead atoms. The van der Waals surface area contributed by atoms with Gasteiger partial charge in [-0.05, 0) is 30.3 Å². The second kappa shape index (κ2) is 6.76. The summed E-state index contributed by atoms with van der Waals surface area (Å²) in [7, 11) is 0. The molecule has 0 aliphatic heterocycles. The number of halogens is 3. The predicted molar refractivity (Wildman–Crippen MR) is 98.1 cm³/mol. The zero-order valence-electron chi connectivity index (χ0n) is 14.2. The summed E-state index contributed by atoms with van der Waals surface area (Å²) in [5.74, 6) is -0.00680. The first-order valence-corrected chi connectivity index (χ1v) is 8.15. The molecule has 0 unspecified atom stereocenters. The molecule has 0 spiro atoms. The van der Waals surface area contributed by atoms with Gasteiger partial charge in [-0.1, -0.05) is 12.1 Å². The van der Waals surface area contributed by atoms with Crippen molar-refractivity contribution in [3.63, 3.8) is 0 Å². The number of fused-ring (bicyclic) bond motifs is 1. The van der Waals surface area contributed by atoms with E-state index in [0.717, 1.165) is 17.7 Å². The molecule has 4 rings (SSSR count). The number of nitrogens with zero attached hydrogens (tertiary/aromatic N) is 3. The van der Waals surface area contributed by atoms with E-state index in [1.807, 2.05) is 0 Å². The average Bonchev–Trinajstić information content (AvgIpc) is 2.68. The maximum atomic E-state index is 12.9. The number of rotatable bonds is 3. The predicted octanol–water partition coefficient (Wildman–Crippen LogP) is 4.14. The third-order valence-corrected chi connectivity index (χ3v) is 4.03. The van der Waals surface area contributed by atoms with Crippen LogP contribution >= 0.6 is 0 Å². The Bertz CT molecular complexity index is 1210. The molecule has 4 aromatic rings. The van der Waals surface area contributed by atoms with Gasteiger partial charge in [0.1, 0.15) is 0 Å². The van der Waals surface area contributed by atoms with Crippen molar-refractivity contribution in [2.24, 2.45) is 0 Å². The van der Waals surface area contributed by atoms with Crippen LogP contribution in [0.3, 0.4) is 0 Å². The van der Waals surface area contributed by atoms with Crippen LogP contribution in [-0.4, -0.2) is 19.9 Å². The van der Waals surface area contributed by atoms with Crippen LogP contribution in [0.2, 0.25) is 0 Å². The summed E-state index contributed by atoms with van der Waals surface area (Å²) in [6.07, 6.45) is 0.267. The highest BCUT2D eigenvalue weighted by Gasteiger charge is 2.30. The first kappa shape index (κ1) is 17.7. The van der Waals surface area contributed by atoms with E-state index >= 15 is 0 Å². The Kier molecular flexibility index (Phi) is 4.26. The van der Waals surface area contributed by atoms with Gasteiger partial charge in [-0.25, -0.2) is 4.98 Å². The Hall–Kier alpha value is -3.75. The summed E-state index contributed by atoms with van der Waals surface area (Å²) in [5, 5.41) is 2.96. The molecule has 6 nitrogen and oxygen atoms in total. The fraction of sp³-hybridized carbons (Fsp3) is 0.0526. The lowest BCUT2D eigenvalue weighted by molar-refractivity contribution is -0.137. The van der Waals surface area contributed by atoms with Gasteiger partial charge in [-0.2, -0.15) is 18.2 Å². The van der Waals surface area contributed by atoms with Crippen LogP contribution in [0.15, 0.2) is 65.8 Å². The van der Waals surface area contributed by atoms with Gasteiger partial charge in [-0.3, -0.25) is 14.8 Å². The third kappa shape index (κ3) is 3.41. The molecule has 0 fully saturated rings. The van der Waals surface area contributed by atoms with Gasteiger partial charge in [0.2, 0.25) is 5.95 Å². The smallest absolute Gasteiger partial charge is 0.326 e. The number of anilines is 2. The lowest BCUT2D eigenvalue weighted by Crippen LogP contribution is -2.13. The number of pyridine rings is 2. The molecular formula is C19H12F3N5O. The van der Waals surface area contributed by atoms with Crippen molar-refractivity contribution in [1.29, 1.82) is 0 Å². The van der Waals surface area contributed by atoms with Crippen molar-refractivity contribution in [3.05, 3.63) is 77.0 Å². The molecule has 3 aromatic heterocycles. The summed E-state index contributed by atoms with van der Waals surface area (Å²) in [5.41, 5.74) is 0.364. The van der Waals surface area contributed by atoms with Gasteiger partial charge in [0.15, 0.2) is 5.65 Å². The van der Waals surface area contributed by atoms with Crippen LogP contribution in [0.25, 0.3) is 22.2 Å². The number of aromatic nitrogens is 4. The van der Waals surface area contributed by atoms with Gasteiger partial charge in [0.05, 0.1) is 10.9 Å². The lowest BCUT2D eigenvalue weighted by atomic mass is 10.1. The van der Waals surface area contributed by atoms with Crippen LogP contribution in [0.5, 0.6) is 0 Å². The van der Waals surface area contributed by atoms with Crippen molar-refractivity contribution >= 4 is 22.7 Å². The van der Waals surface area contributed by atoms with Crippen molar-refractivity contribution in [2.75, 3.05) is 5.32 Å². The van der Waals surface area contributed by atoms with E-state index in [9.17, 15) is 18.0 Å². The maximum Gasteiger partial charge on any atom is 0.416 e. The maximum absolute atomic E-state index is 12.9. The Morgan fingerprint density at radius 3 is 2.64 bits per heavy atom. The molecule has 0 saturated carbocycles. The average molecular weight is 383 g/mol. The summed E-state index contributed by atoms with van der Waals surface area (Å²) >= 11 is 0. The molecule has 2 N–H and O–H groups in total. The summed E-state index contributed by atoms with van der Waals surface area (Å²) in [6, 6.07) is 9.83. The molecule has 0 amide bonds. The third-order valence-electron chi connectivity index (χ3n) is 4.03. The minimum absolute atomic E-state index is 0.00680. The fourth-order valence-electron chi connectivity index (χ4n) is 2.80. The summed E-state index contributed by atoms with van der Waals surface area (Å²) < 4.78 is 38.6. The van der Waals surface area contributed by atoms with E-state index in [4.69, 9.17) is 0 Å². The van der Waals surface area contributed by atoms with Crippen LogP contribution in [0.1, 0.15) is 5.56 Å². The van der Waals surface area contributed by atoms with Gasteiger partial charge in [0, 0.05) is 35.4 Å². The lowest BCUT2D eigenvalue weighted by Gasteiger charge is -2.11. The minimum Gasteiger partial charge on any atom is -0.326 e. The summed E-state index contributed by atoms with van der Waals surface area (Å²) in [6.45, 7) is 0. The molecule has 3 heterocycles. The highest BCUT2D eigenvalue weighted by atomic mass is 19.4. The van der Waals surface area contributed by atoms with E-state index < -0.39 is 17.3 Å². The first-order valence-electron chi connectivity index (χ1n) is 8.15. The second-order valence-corrected chi connectivity index (χ2v) is 5.92. The SMILES string of the molecule is O=c1[nH]c(Nc2cccc(C(F)(F)F)c2)nc2nccc(-c3cccnc3)c12. The molecule has 28 heavy (non-hydrogen) atoms. The van der Waals surface area contributed by atoms with E-state index in [2.05, 4.69) is 25.3 Å². The monoisotopic (exact) mass is 383 g/mol. The molecule has 1 aromatic carbocycles. The van der Waals surface area contributed by atoms with Crippen molar-refractivity contribution in [1.82, 2.24) is 19.9 Å². The molecular weight excluding hydrogens is 371 g/mol. The zero-order chi connectivity index (χ0) is 19.7. The largest absolute Gasteiger partial charge is 0.416 e. The minimum atomic E-state index is -4.47. The fourth-order valence-corrected chi connectivity index (χ4v) is 2.80. The Morgan fingerprint density at radius 2 is 1.89 bits per heavy atom. The number of hydrogen-bond donors (Lipinski definition) is 2. The molecule has 0 saturated heterocycles. The summed E-state index contributed by atoms with van der Waals surface area (Å²) in [4.78, 5) is 27.6. The zero-order valence-corrected chi connectivity index (χ0v) is 14.2. The van der Waals surface area contributed by atoms with Crippen molar-refractivity contribution in [3.8, 4) is 11.1 Å². The van der Waals surface area contributed by atoms with Crippen LogP contribution in [0, 0.1) is 0 Å². The highest BCUT2D eigenvalue weighted by Crippen LogP contribution is 2.31. The van der Waals surface area contributed by atoms with Crippen molar-refractivity contribution in [2.45, 2.75) is 6.18 Å². The number of alkyl halides is 3. The quantitative estimate of drug-likeness (QED) is 0.556. The molecule has 0 aliphatic rings. The normalized spacial score (nSPS) is 11.5. The Labute approximate surface area is 156 Å². The number of H-pyrrole nitrogens is 1. The van der Waals surface area contributed by atoms with Crippen LogP contribution < -0.4 is 10.9 Å². The van der Waals surface area contributed by atoms with Crippen LogP contribution in [0.4, 0.5) is 24.8 Å². The van der Waals surface area contributed by atoms with Gasteiger partial charge >= 0.3 is 6.18 Å². The van der Waals surface area contributed by atoms with Gasteiger partial charge in [0.25, 0.3) is 5.56 Å². The number of nitrogens with one attached hydrogen (secondary N) is 2. The molecule has 0 atom stereocenters. The second-order valence-electron chi connectivity index (χ2n) is 5.92. The standard InChI is InChI=1S/C19H12F3N5O/c20-19(21,22)12-4-1-5-13(9-12)25-18-26-16-15(17(28)27-18)14(6-8-24-16)11-3-2-7-23-10-11/h1-10H,(H2,24,25,26,27,28). The Morgan fingerprint density at radius 1 is 1.04 bits per heavy atom. The molecule has 0 radical (unpaired) electrons. The highest BCUT2D eigenvalue weighted by molar-refractivity contribution is 5.92. The number of aromatic amines is 1. The number of benzene rings is 1. The van der Waals surface area contributed by atoms with E-state index in [0.29, 0.717) is 5.56 Å². The topological polar surface area (TPSA) is 83.6 Å².